The van der Waals surface area contributed by atoms with E-state index in [4.69, 9.17) is 0 Å². The van der Waals surface area contributed by atoms with Gasteiger partial charge in [0.1, 0.15) is 0 Å². The van der Waals surface area contributed by atoms with Crippen molar-refractivity contribution >= 4 is 11.8 Å². The molecule has 3 atom stereocenters. The van der Waals surface area contributed by atoms with Crippen LogP contribution in [-0.4, -0.2) is 23.1 Å². The minimum atomic E-state index is 0.486. The SMILES string of the molecule is CCCNC1C(SC(C)CC)CCC1(C)C. The van der Waals surface area contributed by atoms with Gasteiger partial charge in [-0.3, -0.25) is 0 Å². The van der Waals surface area contributed by atoms with Crippen molar-refractivity contribution in [2.24, 2.45) is 5.41 Å². The molecular formula is C14H29NS. The van der Waals surface area contributed by atoms with Crippen molar-refractivity contribution in [3.63, 3.8) is 0 Å². The van der Waals surface area contributed by atoms with Crippen molar-refractivity contribution in [2.75, 3.05) is 6.54 Å². The van der Waals surface area contributed by atoms with Crippen molar-refractivity contribution < 1.29 is 0 Å². The maximum atomic E-state index is 3.78. The predicted molar refractivity (Wildman–Crippen MR) is 76.2 cm³/mol. The van der Waals surface area contributed by atoms with Gasteiger partial charge in [-0.15, -0.1) is 0 Å². The first kappa shape index (κ1) is 14.4. The highest BCUT2D eigenvalue weighted by molar-refractivity contribution is 8.00. The normalized spacial score (nSPS) is 30.6. The zero-order valence-corrected chi connectivity index (χ0v) is 12.5. The van der Waals surface area contributed by atoms with Gasteiger partial charge in [-0.05, 0) is 37.6 Å². The van der Waals surface area contributed by atoms with Crippen LogP contribution in [0.5, 0.6) is 0 Å². The van der Waals surface area contributed by atoms with Gasteiger partial charge in [0.15, 0.2) is 0 Å². The first-order valence-corrected chi connectivity index (χ1v) is 7.84. The maximum absolute atomic E-state index is 3.78. The molecule has 1 aliphatic carbocycles. The lowest BCUT2D eigenvalue weighted by Crippen LogP contribution is -2.44. The lowest BCUT2D eigenvalue weighted by molar-refractivity contribution is 0.287. The molecule has 1 saturated carbocycles. The lowest BCUT2D eigenvalue weighted by atomic mass is 9.87. The van der Waals surface area contributed by atoms with Crippen LogP contribution in [0.2, 0.25) is 0 Å². The standard InChI is InChI=1S/C14H29NS/c1-6-10-15-13-12(16-11(3)7-2)8-9-14(13,4)5/h11-13,15H,6-10H2,1-5H3. The van der Waals surface area contributed by atoms with E-state index in [0.29, 0.717) is 11.5 Å². The molecule has 0 radical (unpaired) electrons. The van der Waals surface area contributed by atoms with Crippen LogP contribution >= 0.6 is 11.8 Å². The Morgan fingerprint density at radius 2 is 2.06 bits per heavy atom. The Morgan fingerprint density at radius 3 is 2.62 bits per heavy atom. The van der Waals surface area contributed by atoms with Crippen molar-refractivity contribution in [3.8, 4) is 0 Å². The van der Waals surface area contributed by atoms with E-state index in [9.17, 15) is 0 Å². The Bertz CT molecular complexity index is 203. The van der Waals surface area contributed by atoms with Crippen molar-refractivity contribution in [2.45, 2.75) is 76.8 Å². The molecule has 0 aliphatic heterocycles. The molecule has 0 saturated heterocycles. The molecule has 0 aromatic rings. The van der Waals surface area contributed by atoms with Crippen LogP contribution in [0.25, 0.3) is 0 Å². The first-order chi connectivity index (χ1) is 7.51. The Balaban J connectivity index is 2.55. The molecule has 0 aromatic carbocycles. The molecular weight excluding hydrogens is 214 g/mol. The Labute approximate surface area is 106 Å². The number of thioether (sulfide) groups is 1. The molecule has 0 bridgehead atoms. The van der Waals surface area contributed by atoms with Crippen LogP contribution < -0.4 is 5.32 Å². The van der Waals surface area contributed by atoms with E-state index in [1.807, 2.05) is 0 Å². The largest absolute Gasteiger partial charge is 0.312 e. The summed E-state index contributed by atoms with van der Waals surface area (Å²) in [7, 11) is 0. The second-order valence-electron chi connectivity index (χ2n) is 5.85. The number of rotatable bonds is 6. The Hall–Kier alpha value is 0.310. The van der Waals surface area contributed by atoms with E-state index in [-0.39, 0.29) is 0 Å². The molecule has 0 amide bonds. The molecule has 0 heterocycles. The highest BCUT2D eigenvalue weighted by atomic mass is 32.2. The molecule has 0 aromatic heterocycles. The van der Waals surface area contributed by atoms with E-state index in [0.717, 1.165) is 10.5 Å². The lowest BCUT2D eigenvalue weighted by Gasteiger charge is -2.32. The zero-order valence-electron chi connectivity index (χ0n) is 11.7. The average molecular weight is 243 g/mol. The Kier molecular flexibility index (Phi) is 5.66. The fourth-order valence-corrected chi connectivity index (χ4v) is 4.25. The van der Waals surface area contributed by atoms with Crippen LogP contribution in [0, 0.1) is 5.41 Å². The molecule has 1 N–H and O–H groups in total. The third kappa shape index (κ3) is 3.66. The van der Waals surface area contributed by atoms with Crippen molar-refractivity contribution in [1.29, 1.82) is 0 Å². The smallest absolute Gasteiger partial charge is 0.0237 e. The Morgan fingerprint density at radius 1 is 1.38 bits per heavy atom. The van der Waals surface area contributed by atoms with Gasteiger partial charge in [0.25, 0.3) is 0 Å². The highest BCUT2D eigenvalue weighted by Gasteiger charge is 2.41. The summed E-state index contributed by atoms with van der Waals surface area (Å²) in [6.07, 6.45) is 5.31. The topological polar surface area (TPSA) is 12.0 Å². The van der Waals surface area contributed by atoms with E-state index in [1.165, 1.54) is 32.2 Å². The third-order valence-electron chi connectivity index (χ3n) is 3.88. The van der Waals surface area contributed by atoms with Crippen molar-refractivity contribution in [1.82, 2.24) is 5.32 Å². The fourth-order valence-electron chi connectivity index (χ4n) is 2.59. The molecule has 2 heteroatoms. The summed E-state index contributed by atoms with van der Waals surface area (Å²) >= 11 is 2.21. The molecule has 96 valence electrons. The van der Waals surface area contributed by atoms with Crippen LogP contribution in [0.1, 0.15) is 60.3 Å². The monoisotopic (exact) mass is 243 g/mol. The van der Waals surface area contributed by atoms with Gasteiger partial charge in [-0.1, -0.05) is 34.6 Å². The summed E-state index contributed by atoms with van der Waals surface area (Å²) in [6.45, 7) is 12.9. The van der Waals surface area contributed by atoms with E-state index in [1.54, 1.807) is 0 Å². The summed E-state index contributed by atoms with van der Waals surface area (Å²) in [6, 6.07) is 0.714. The summed E-state index contributed by atoms with van der Waals surface area (Å²) in [5.41, 5.74) is 0.486. The molecule has 16 heavy (non-hydrogen) atoms. The van der Waals surface area contributed by atoms with Gasteiger partial charge in [-0.25, -0.2) is 0 Å². The van der Waals surface area contributed by atoms with Crippen molar-refractivity contribution in [3.05, 3.63) is 0 Å². The van der Waals surface area contributed by atoms with Crippen LogP contribution in [0.15, 0.2) is 0 Å². The van der Waals surface area contributed by atoms with Gasteiger partial charge in [0, 0.05) is 16.5 Å². The molecule has 1 rings (SSSR count). The average Bonchev–Trinajstić information content (AvgIpc) is 2.51. The minimum absolute atomic E-state index is 0.486. The van der Waals surface area contributed by atoms with Gasteiger partial charge in [-0.2, -0.15) is 11.8 Å². The van der Waals surface area contributed by atoms with Gasteiger partial charge < -0.3 is 5.32 Å². The van der Waals surface area contributed by atoms with Crippen LogP contribution in [0.3, 0.4) is 0 Å². The van der Waals surface area contributed by atoms with Gasteiger partial charge >= 0.3 is 0 Å². The number of hydrogen-bond donors (Lipinski definition) is 1. The molecule has 1 nitrogen and oxygen atoms in total. The van der Waals surface area contributed by atoms with Gasteiger partial charge in [0.05, 0.1) is 0 Å². The molecule has 1 aliphatic rings. The summed E-state index contributed by atoms with van der Waals surface area (Å²) in [5, 5.41) is 5.42. The minimum Gasteiger partial charge on any atom is -0.312 e. The van der Waals surface area contributed by atoms with E-state index in [2.05, 4.69) is 51.7 Å². The fraction of sp³-hybridized carbons (Fsp3) is 1.00. The van der Waals surface area contributed by atoms with Crippen LogP contribution in [0.4, 0.5) is 0 Å². The number of nitrogens with one attached hydrogen (secondary N) is 1. The summed E-state index contributed by atoms with van der Waals surface area (Å²) in [4.78, 5) is 0. The summed E-state index contributed by atoms with van der Waals surface area (Å²) in [5.74, 6) is 0. The quantitative estimate of drug-likeness (QED) is 0.754. The van der Waals surface area contributed by atoms with E-state index < -0.39 is 0 Å². The zero-order chi connectivity index (χ0) is 12.2. The van der Waals surface area contributed by atoms with Gasteiger partial charge in [0.2, 0.25) is 0 Å². The van der Waals surface area contributed by atoms with Crippen LogP contribution in [-0.2, 0) is 0 Å². The third-order valence-corrected chi connectivity index (χ3v) is 5.54. The highest BCUT2D eigenvalue weighted by Crippen LogP contribution is 2.44. The first-order valence-electron chi connectivity index (χ1n) is 6.90. The van der Waals surface area contributed by atoms with E-state index >= 15 is 0 Å². The predicted octanol–water partition coefficient (Wildman–Crippen LogP) is 4.07. The number of hydrogen-bond acceptors (Lipinski definition) is 2. The molecule has 1 fully saturated rings. The second kappa shape index (κ2) is 6.30. The molecule has 0 spiro atoms. The molecule has 3 unspecified atom stereocenters. The summed E-state index contributed by atoms with van der Waals surface area (Å²) < 4.78 is 0. The second-order valence-corrected chi connectivity index (χ2v) is 7.53. The maximum Gasteiger partial charge on any atom is 0.0237 e.